The number of hydrogen-bond donors (Lipinski definition) is 2. The molecule has 6 rings (SSSR count). The molecule has 118 valence electrons. The fourth-order valence-electron chi connectivity index (χ4n) is 4.84. The molecule has 0 unspecified atom stereocenters. The Labute approximate surface area is 140 Å². The topological polar surface area (TPSA) is 34.8 Å². The van der Waals surface area contributed by atoms with Gasteiger partial charge in [-0.2, -0.15) is 0 Å². The van der Waals surface area contributed by atoms with Crippen molar-refractivity contribution >= 4 is 21.8 Å². The maximum atomic E-state index is 3.74. The van der Waals surface area contributed by atoms with Crippen LogP contribution in [-0.2, 0) is 12.8 Å². The van der Waals surface area contributed by atoms with E-state index >= 15 is 0 Å². The number of para-hydroxylation sites is 2. The van der Waals surface area contributed by atoms with Crippen LogP contribution in [0.4, 0.5) is 0 Å². The van der Waals surface area contributed by atoms with Crippen LogP contribution in [0, 0.1) is 0 Å². The molecule has 0 spiro atoms. The van der Waals surface area contributed by atoms with Gasteiger partial charge in [-0.05, 0) is 36.1 Å². The minimum atomic E-state index is 0.345. The zero-order valence-corrected chi connectivity index (χ0v) is 13.5. The Morgan fingerprint density at radius 2 is 1.21 bits per heavy atom. The smallest absolute Gasteiger partial charge is 0.0911 e. The number of benzene rings is 2. The zero-order valence-electron chi connectivity index (χ0n) is 13.5. The lowest BCUT2D eigenvalue weighted by Gasteiger charge is -2.39. The minimum absolute atomic E-state index is 0.345. The molecule has 4 aromatic rings. The van der Waals surface area contributed by atoms with E-state index in [2.05, 4.69) is 63.4 Å². The Bertz CT molecular complexity index is 999. The summed E-state index contributed by atoms with van der Waals surface area (Å²) in [5.41, 5.74) is 8.36. The molecule has 2 aromatic heterocycles. The van der Waals surface area contributed by atoms with Crippen molar-refractivity contribution in [2.75, 3.05) is 13.1 Å². The van der Waals surface area contributed by atoms with E-state index < -0.39 is 0 Å². The number of rotatable bonds is 0. The van der Waals surface area contributed by atoms with E-state index in [9.17, 15) is 0 Å². The maximum Gasteiger partial charge on any atom is 0.0911 e. The Kier molecular flexibility index (Phi) is 2.42. The molecule has 0 fully saturated rings. The number of aromatic amines is 2. The second-order valence-corrected chi connectivity index (χ2v) is 7.06. The fraction of sp³-hybridized carbons (Fsp3) is 0.238. The molecule has 0 saturated carbocycles. The molecule has 3 nitrogen and oxygen atoms in total. The number of H-pyrrole nitrogens is 2. The van der Waals surface area contributed by atoms with E-state index in [1.165, 1.54) is 44.3 Å². The van der Waals surface area contributed by atoms with Crippen LogP contribution in [0.1, 0.15) is 28.6 Å². The molecule has 0 amide bonds. The number of hydrogen-bond acceptors (Lipinski definition) is 1. The lowest BCUT2D eigenvalue weighted by molar-refractivity contribution is 0.197. The van der Waals surface area contributed by atoms with Crippen molar-refractivity contribution in [1.29, 1.82) is 0 Å². The van der Waals surface area contributed by atoms with Crippen LogP contribution in [0.2, 0.25) is 0 Å². The molecule has 0 saturated heterocycles. The van der Waals surface area contributed by atoms with Crippen molar-refractivity contribution in [3.8, 4) is 0 Å². The normalized spacial score (nSPS) is 17.8. The molecule has 2 aromatic carbocycles. The summed E-state index contributed by atoms with van der Waals surface area (Å²) in [6, 6.07) is 17.8. The summed E-state index contributed by atoms with van der Waals surface area (Å²) < 4.78 is 0. The molecule has 2 aliphatic rings. The molecule has 0 bridgehead atoms. The number of fused-ring (bicyclic) bond motifs is 9. The highest BCUT2D eigenvalue weighted by Crippen LogP contribution is 2.43. The van der Waals surface area contributed by atoms with Gasteiger partial charge in [0.2, 0.25) is 0 Å². The third-order valence-corrected chi connectivity index (χ3v) is 5.90. The van der Waals surface area contributed by atoms with Crippen molar-refractivity contribution in [1.82, 2.24) is 14.9 Å². The Balaban J connectivity index is 1.64. The van der Waals surface area contributed by atoms with Gasteiger partial charge < -0.3 is 9.97 Å². The fourth-order valence-corrected chi connectivity index (χ4v) is 4.84. The molecular formula is C21H19N3. The van der Waals surface area contributed by atoms with Crippen LogP contribution >= 0.6 is 0 Å². The van der Waals surface area contributed by atoms with Crippen molar-refractivity contribution in [2.24, 2.45) is 0 Å². The van der Waals surface area contributed by atoms with E-state index in [0.29, 0.717) is 6.04 Å². The summed E-state index contributed by atoms with van der Waals surface area (Å²) in [7, 11) is 0. The van der Waals surface area contributed by atoms with Gasteiger partial charge in [0.05, 0.1) is 6.04 Å². The van der Waals surface area contributed by atoms with E-state index in [0.717, 1.165) is 25.9 Å². The van der Waals surface area contributed by atoms with Crippen molar-refractivity contribution in [3.63, 3.8) is 0 Å². The average Bonchev–Trinajstić information content (AvgIpc) is 3.19. The summed E-state index contributed by atoms with van der Waals surface area (Å²) in [6.07, 6.45) is 2.29. The highest BCUT2D eigenvalue weighted by Gasteiger charge is 2.37. The van der Waals surface area contributed by atoms with Crippen LogP contribution in [0.15, 0.2) is 48.5 Å². The Hall–Kier alpha value is -2.52. The zero-order chi connectivity index (χ0) is 15.7. The average molecular weight is 313 g/mol. The largest absolute Gasteiger partial charge is 0.357 e. The van der Waals surface area contributed by atoms with Crippen LogP contribution in [0.3, 0.4) is 0 Å². The monoisotopic (exact) mass is 313 g/mol. The second kappa shape index (κ2) is 4.52. The van der Waals surface area contributed by atoms with E-state index in [4.69, 9.17) is 0 Å². The first kappa shape index (κ1) is 12.8. The molecule has 0 atom stereocenters. The summed E-state index contributed by atoms with van der Waals surface area (Å²) in [5, 5.41) is 2.80. The van der Waals surface area contributed by atoms with Crippen LogP contribution < -0.4 is 0 Å². The van der Waals surface area contributed by atoms with Gasteiger partial charge in [0, 0.05) is 46.3 Å². The molecule has 0 aliphatic carbocycles. The molecular weight excluding hydrogens is 294 g/mol. The summed E-state index contributed by atoms with van der Waals surface area (Å²) in [5.74, 6) is 0. The SMILES string of the molecule is c1ccc2c3c([nH]c2c1)C1c2[nH]c4ccccc4c2CCN1CC3. The van der Waals surface area contributed by atoms with Crippen molar-refractivity contribution in [2.45, 2.75) is 18.9 Å². The minimum Gasteiger partial charge on any atom is -0.357 e. The van der Waals surface area contributed by atoms with Gasteiger partial charge in [-0.1, -0.05) is 36.4 Å². The van der Waals surface area contributed by atoms with Gasteiger partial charge in [-0.15, -0.1) is 0 Å². The van der Waals surface area contributed by atoms with Gasteiger partial charge in [0.1, 0.15) is 0 Å². The van der Waals surface area contributed by atoms with Gasteiger partial charge in [-0.25, -0.2) is 0 Å². The molecule has 3 heteroatoms. The molecule has 4 heterocycles. The summed E-state index contributed by atoms with van der Waals surface area (Å²) in [4.78, 5) is 10.1. The van der Waals surface area contributed by atoms with E-state index in [1.54, 1.807) is 0 Å². The highest BCUT2D eigenvalue weighted by atomic mass is 15.2. The van der Waals surface area contributed by atoms with Crippen molar-refractivity contribution < 1.29 is 0 Å². The maximum absolute atomic E-state index is 3.74. The predicted molar refractivity (Wildman–Crippen MR) is 97.4 cm³/mol. The highest BCUT2D eigenvalue weighted by molar-refractivity contribution is 5.87. The Morgan fingerprint density at radius 3 is 1.75 bits per heavy atom. The van der Waals surface area contributed by atoms with Gasteiger partial charge in [0.15, 0.2) is 0 Å². The molecule has 0 radical (unpaired) electrons. The quantitative estimate of drug-likeness (QED) is 0.502. The number of nitrogens with one attached hydrogen (secondary N) is 2. The summed E-state index contributed by atoms with van der Waals surface area (Å²) in [6.45, 7) is 2.29. The van der Waals surface area contributed by atoms with Crippen LogP contribution in [0.25, 0.3) is 21.8 Å². The molecule has 2 aliphatic heterocycles. The third kappa shape index (κ3) is 1.55. The third-order valence-electron chi connectivity index (χ3n) is 5.90. The number of nitrogens with zero attached hydrogens (tertiary/aromatic N) is 1. The lowest BCUT2D eigenvalue weighted by atomic mass is 9.89. The first-order chi connectivity index (χ1) is 11.9. The van der Waals surface area contributed by atoms with Gasteiger partial charge in [0.25, 0.3) is 0 Å². The van der Waals surface area contributed by atoms with Gasteiger partial charge >= 0.3 is 0 Å². The Morgan fingerprint density at radius 1 is 0.708 bits per heavy atom. The first-order valence-corrected chi connectivity index (χ1v) is 8.83. The summed E-state index contributed by atoms with van der Waals surface area (Å²) >= 11 is 0. The van der Waals surface area contributed by atoms with Crippen LogP contribution in [-0.4, -0.2) is 28.0 Å². The van der Waals surface area contributed by atoms with E-state index in [1.807, 2.05) is 0 Å². The van der Waals surface area contributed by atoms with Gasteiger partial charge in [-0.3, -0.25) is 4.90 Å². The lowest BCUT2D eigenvalue weighted by Crippen LogP contribution is -2.40. The molecule has 2 N–H and O–H groups in total. The standard InChI is InChI=1S/C21H19N3/c1-3-7-17-13(5-1)15-9-11-24-12-10-16-14-6-2-4-8-18(14)23-20(16)21(24)19(15)22-17/h1-8,21-23H,9-12H2. The number of aromatic nitrogens is 2. The second-order valence-electron chi connectivity index (χ2n) is 7.06. The first-order valence-electron chi connectivity index (χ1n) is 8.83. The van der Waals surface area contributed by atoms with E-state index in [-0.39, 0.29) is 0 Å². The van der Waals surface area contributed by atoms with Crippen LogP contribution in [0.5, 0.6) is 0 Å². The predicted octanol–water partition coefficient (Wildman–Crippen LogP) is 4.15. The van der Waals surface area contributed by atoms with Crippen molar-refractivity contribution in [3.05, 3.63) is 71.0 Å². The molecule has 24 heavy (non-hydrogen) atoms.